The third-order valence-electron chi connectivity index (χ3n) is 7.77. The summed E-state index contributed by atoms with van der Waals surface area (Å²) in [6.07, 6.45) is 4.16. The summed E-state index contributed by atoms with van der Waals surface area (Å²) >= 11 is 1.25. The molecule has 1 atom stereocenters. The molecule has 11 heteroatoms. The number of ether oxygens (including phenoxy) is 2. The second-order valence-corrected chi connectivity index (χ2v) is 12.3. The summed E-state index contributed by atoms with van der Waals surface area (Å²) in [7, 11) is 1.63. The minimum atomic E-state index is -0.636. The van der Waals surface area contributed by atoms with Gasteiger partial charge < -0.3 is 14.8 Å². The van der Waals surface area contributed by atoms with E-state index >= 15 is 0 Å². The van der Waals surface area contributed by atoms with Crippen LogP contribution in [0.25, 0.3) is 16.9 Å². The third kappa shape index (κ3) is 8.43. The van der Waals surface area contributed by atoms with Crippen molar-refractivity contribution in [2.45, 2.75) is 25.0 Å². The van der Waals surface area contributed by atoms with E-state index in [0.717, 1.165) is 39.6 Å². The summed E-state index contributed by atoms with van der Waals surface area (Å²) < 4.78 is 12.6. The molecule has 1 aliphatic heterocycles. The molecule has 248 valence electrons. The second kappa shape index (κ2) is 15.9. The molecule has 1 unspecified atom stereocenters. The van der Waals surface area contributed by atoms with E-state index in [1.807, 2.05) is 98.0 Å². The quantitative estimate of drug-likeness (QED) is 0.108. The van der Waals surface area contributed by atoms with E-state index in [1.54, 1.807) is 47.2 Å². The van der Waals surface area contributed by atoms with E-state index in [1.165, 1.54) is 11.8 Å². The smallest absolute Gasteiger partial charge is 0.242 e. The highest BCUT2D eigenvalue weighted by atomic mass is 32.2. The molecule has 0 bridgehead atoms. The zero-order valence-electron chi connectivity index (χ0n) is 27.2. The molecule has 0 saturated carbocycles. The van der Waals surface area contributed by atoms with Crippen molar-refractivity contribution in [1.29, 1.82) is 0 Å². The van der Waals surface area contributed by atoms with E-state index in [0.29, 0.717) is 30.4 Å². The molecule has 1 saturated heterocycles. The van der Waals surface area contributed by atoms with Crippen molar-refractivity contribution in [3.8, 4) is 28.4 Å². The number of hydrogen-bond donors (Lipinski definition) is 1. The number of nitrogens with zero attached hydrogens (tertiary/aromatic N) is 5. The summed E-state index contributed by atoms with van der Waals surface area (Å²) in [5.74, 6) is 1.03. The lowest BCUT2D eigenvalue weighted by atomic mass is 10.1. The van der Waals surface area contributed by atoms with Gasteiger partial charge in [0.15, 0.2) is 5.17 Å². The first kappa shape index (κ1) is 33.2. The van der Waals surface area contributed by atoms with Gasteiger partial charge in [0.05, 0.1) is 25.6 Å². The number of benzene rings is 4. The summed E-state index contributed by atoms with van der Waals surface area (Å²) in [6.45, 7) is 2.88. The van der Waals surface area contributed by atoms with Crippen molar-refractivity contribution in [2.75, 3.05) is 25.6 Å². The van der Waals surface area contributed by atoms with Gasteiger partial charge in [-0.25, -0.2) is 4.68 Å². The molecule has 0 aliphatic carbocycles. The van der Waals surface area contributed by atoms with Crippen LogP contribution in [0.15, 0.2) is 126 Å². The Bertz CT molecular complexity index is 1930. The molecular formula is C38H36N6O4S. The SMILES string of the molecule is CCOc1ccc(NC(=O)CC2S/C(=N\N=C\c3cn(-c4ccccc4)nc3-c3ccc(OC)cc3)N(CCc3ccccc3)C2=O)cc1. The number of methoxy groups -OCH3 is 1. The van der Waals surface area contributed by atoms with Crippen LogP contribution < -0.4 is 14.8 Å². The monoisotopic (exact) mass is 672 g/mol. The first-order valence-electron chi connectivity index (χ1n) is 16.0. The van der Waals surface area contributed by atoms with Crippen LogP contribution in [0.5, 0.6) is 11.5 Å². The normalized spacial score (nSPS) is 15.2. The van der Waals surface area contributed by atoms with Gasteiger partial charge >= 0.3 is 0 Å². The number of carbonyl (C=O) groups is 2. The Morgan fingerprint density at radius 3 is 2.33 bits per heavy atom. The first-order chi connectivity index (χ1) is 24.0. The lowest BCUT2D eigenvalue weighted by molar-refractivity contribution is -0.128. The molecule has 0 radical (unpaired) electrons. The molecule has 10 nitrogen and oxygen atoms in total. The summed E-state index contributed by atoms with van der Waals surface area (Å²) in [5, 5.41) is 16.5. The molecule has 4 aromatic carbocycles. The second-order valence-electron chi connectivity index (χ2n) is 11.1. The van der Waals surface area contributed by atoms with Crippen molar-refractivity contribution in [3.63, 3.8) is 0 Å². The Labute approximate surface area is 289 Å². The number of para-hydroxylation sites is 1. The van der Waals surface area contributed by atoms with Crippen LogP contribution in [0.2, 0.25) is 0 Å². The maximum absolute atomic E-state index is 13.7. The van der Waals surface area contributed by atoms with Crippen LogP contribution in [-0.2, 0) is 16.0 Å². The number of thioether (sulfide) groups is 1. The Morgan fingerprint density at radius 2 is 1.63 bits per heavy atom. The van der Waals surface area contributed by atoms with Crippen LogP contribution in [0, 0.1) is 0 Å². The molecule has 6 rings (SSSR count). The van der Waals surface area contributed by atoms with Crippen molar-refractivity contribution >= 4 is 40.6 Å². The van der Waals surface area contributed by atoms with Crippen molar-refractivity contribution < 1.29 is 19.1 Å². The highest BCUT2D eigenvalue weighted by Gasteiger charge is 2.39. The fraction of sp³-hybridized carbons (Fsp3) is 0.184. The highest BCUT2D eigenvalue weighted by Crippen LogP contribution is 2.31. The average molecular weight is 673 g/mol. The van der Waals surface area contributed by atoms with Gasteiger partial charge in [-0.1, -0.05) is 60.3 Å². The lowest BCUT2D eigenvalue weighted by Crippen LogP contribution is -2.35. The highest BCUT2D eigenvalue weighted by molar-refractivity contribution is 8.15. The Morgan fingerprint density at radius 1 is 0.939 bits per heavy atom. The molecule has 2 heterocycles. The fourth-order valence-corrected chi connectivity index (χ4v) is 6.42. The molecule has 1 N–H and O–H groups in total. The standard InChI is InChI=1S/C38H36N6O4S/c1-3-48-33-20-16-30(17-21-33)40-35(45)24-34-37(46)43(23-22-27-10-6-4-7-11-27)38(49-34)41-39-25-29-26-44(31-12-8-5-9-13-31)42-36(29)28-14-18-32(47-2)19-15-28/h4-21,25-26,34H,3,22-24H2,1-2H3,(H,40,45)/b39-25+,41-38-. The van der Waals surface area contributed by atoms with Crippen molar-refractivity contribution in [2.24, 2.45) is 10.2 Å². The predicted octanol–water partition coefficient (Wildman–Crippen LogP) is 6.85. The van der Waals surface area contributed by atoms with Crippen LogP contribution in [0.4, 0.5) is 5.69 Å². The van der Waals surface area contributed by atoms with Crippen molar-refractivity contribution in [3.05, 3.63) is 127 Å². The maximum Gasteiger partial charge on any atom is 0.242 e. The fourth-order valence-electron chi connectivity index (χ4n) is 5.30. The van der Waals surface area contributed by atoms with Gasteiger partial charge in [-0.05, 0) is 79.6 Å². The first-order valence-corrected chi connectivity index (χ1v) is 16.8. The minimum absolute atomic E-state index is 0.00720. The summed E-state index contributed by atoms with van der Waals surface area (Å²) in [5.41, 5.74) is 4.98. The number of aromatic nitrogens is 2. The number of anilines is 1. The third-order valence-corrected chi connectivity index (χ3v) is 8.94. The molecule has 5 aromatic rings. The zero-order chi connectivity index (χ0) is 34.0. The van der Waals surface area contributed by atoms with Gasteiger partial charge in [-0.2, -0.15) is 10.2 Å². The number of amides is 2. The molecular weight excluding hydrogens is 637 g/mol. The molecule has 0 spiro atoms. The number of hydrogen-bond acceptors (Lipinski definition) is 8. The van der Waals surface area contributed by atoms with Gasteiger partial charge in [0.25, 0.3) is 0 Å². The van der Waals surface area contributed by atoms with E-state index in [4.69, 9.17) is 14.6 Å². The van der Waals surface area contributed by atoms with Crippen molar-refractivity contribution in [1.82, 2.24) is 14.7 Å². The zero-order valence-corrected chi connectivity index (χ0v) is 28.0. The number of carbonyl (C=O) groups excluding carboxylic acids is 2. The number of amidine groups is 1. The number of nitrogens with one attached hydrogen (secondary N) is 1. The van der Waals surface area contributed by atoms with Crippen LogP contribution in [0.1, 0.15) is 24.5 Å². The van der Waals surface area contributed by atoms with E-state index in [9.17, 15) is 9.59 Å². The van der Waals surface area contributed by atoms with Crippen LogP contribution in [0.3, 0.4) is 0 Å². The average Bonchev–Trinajstić information content (AvgIpc) is 3.69. The van der Waals surface area contributed by atoms with E-state index in [2.05, 4.69) is 15.5 Å². The van der Waals surface area contributed by atoms with Gasteiger partial charge in [-0.3, -0.25) is 14.5 Å². The van der Waals surface area contributed by atoms with Crippen LogP contribution in [-0.4, -0.2) is 63.4 Å². The molecule has 1 fully saturated rings. The van der Waals surface area contributed by atoms with Crippen LogP contribution >= 0.6 is 11.8 Å². The van der Waals surface area contributed by atoms with E-state index in [-0.39, 0.29) is 18.2 Å². The predicted molar refractivity (Wildman–Crippen MR) is 195 cm³/mol. The Balaban J connectivity index is 1.24. The molecule has 2 amide bonds. The van der Waals surface area contributed by atoms with Gasteiger partial charge in [0.2, 0.25) is 11.8 Å². The topological polar surface area (TPSA) is 110 Å². The van der Waals surface area contributed by atoms with Gasteiger partial charge in [-0.15, -0.1) is 5.10 Å². The van der Waals surface area contributed by atoms with Gasteiger partial charge in [0, 0.05) is 36.0 Å². The minimum Gasteiger partial charge on any atom is -0.497 e. The number of rotatable bonds is 13. The largest absolute Gasteiger partial charge is 0.497 e. The Hall–Kier alpha value is -5.68. The lowest BCUT2D eigenvalue weighted by Gasteiger charge is -2.15. The Kier molecular flexibility index (Phi) is 10.8. The van der Waals surface area contributed by atoms with Gasteiger partial charge in [0.1, 0.15) is 22.4 Å². The molecule has 1 aliphatic rings. The molecule has 49 heavy (non-hydrogen) atoms. The molecule has 1 aromatic heterocycles. The maximum atomic E-state index is 13.7. The van der Waals surface area contributed by atoms with E-state index < -0.39 is 5.25 Å². The summed E-state index contributed by atoms with van der Waals surface area (Å²) in [6, 6.07) is 34.6. The summed E-state index contributed by atoms with van der Waals surface area (Å²) in [4.78, 5) is 28.3.